The molecule has 0 aliphatic heterocycles. The van der Waals surface area contributed by atoms with Crippen LogP contribution in [0.25, 0.3) is 0 Å². The quantitative estimate of drug-likeness (QED) is 0.840. The Labute approximate surface area is 118 Å². The van der Waals surface area contributed by atoms with Crippen LogP contribution in [0.4, 0.5) is 0 Å². The van der Waals surface area contributed by atoms with Gasteiger partial charge >= 0.3 is 0 Å². The molecule has 1 aromatic carbocycles. The van der Waals surface area contributed by atoms with Gasteiger partial charge in [-0.2, -0.15) is 0 Å². The zero-order valence-electron chi connectivity index (χ0n) is 11.3. The van der Waals surface area contributed by atoms with E-state index in [-0.39, 0.29) is 0 Å². The molecule has 0 aromatic heterocycles. The normalized spacial score (nSPS) is 14.8. The van der Waals surface area contributed by atoms with Crippen molar-refractivity contribution in [3.05, 3.63) is 34.3 Å². The number of hydrogen-bond donors (Lipinski definition) is 1. The summed E-state index contributed by atoms with van der Waals surface area (Å²) in [4.78, 5) is 2.17. The van der Waals surface area contributed by atoms with Crippen LogP contribution in [0, 0.1) is 0 Å². The van der Waals surface area contributed by atoms with Crippen LogP contribution in [0.15, 0.2) is 28.7 Å². The Kier molecular flexibility index (Phi) is 6.86. The fraction of sp³-hybridized carbons (Fsp3) is 0.571. The van der Waals surface area contributed by atoms with Crippen LogP contribution >= 0.6 is 15.9 Å². The Morgan fingerprint density at radius 2 is 1.94 bits per heavy atom. The molecule has 0 spiro atoms. The summed E-state index contributed by atoms with van der Waals surface area (Å²) in [6.45, 7) is 3.15. The first-order valence-electron chi connectivity index (χ1n) is 6.21. The zero-order valence-corrected chi connectivity index (χ0v) is 12.9. The Hall–Kier alpha value is -0.420. The molecule has 0 aliphatic rings. The summed E-state index contributed by atoms with van der Waals surface area (Å²) < 4.78 is 6.04. The second-order valence-electron chi connectivity index (χ2n) is 4.52. The van der Waals surface area contributed by atoms with Gasteiger partial charge in [-0.05, 0) is 31.2 Å². The number of methoxy groups -OCH3 is 1. The molecule has 4 heteroatoms. The van der Waals surface area contributed by atoms with E-state index in [4.69, 9.17) is 4.74 Å². The van der Waals surface area contributed by atoms with Gasteiger partial charge < -0.3 is 9.84 Å². The van der Waals surface area contributed by atoms with Crippen LogP contribution in [-0.2, 0) is 4.74 Å². The standard InChI is InChI=1S/C14H22BrNO2/c1-4-14(11-5-7-12(15)8-6-11)16(2)9-13(17)10-18-3/h5-8,13-14,17H,4,9-10H2,1-3H3. The Morgan fingerprint density at radius 1 is 1.33 bits per heavy atom. The molecule has 0 fully saturated rings. The lowest BCUT2D eigenvalue weighted by Gasteiger charge is -2.29. The molecule has 0 heterocycles. The van der Waals surface area contributed by atoms with Crippen LogP contribution in [0.2, 0.25) is 0 Å². The maximum atomic E-state index is 9.78. The highest BCUT2D eigenvalue weighted by molar-refractivity contribution is 9.10. The van der Waals surface area contributed by atoms with Gasteiger partial charge in [-0.3, -0.25) is 4.90 Å². The fourth-order valence-electron chi connectivity index (χ4n) is 2.19. The monoisotopic (exact) mass is 315 g/mol. The molecule has 1 N–H and O–H groups in total. The summed E-state index contributed by atoms with van der Waals surface area (Å²) in [5, 5.41) is 9.78. The van der Waals surface area contributed by atoms with Crippen molar-refractivity contribution in [1.82, 2.24) is 4.90 Å². The molecule has 1 aromatic rings. The van der Waals surface area contributed by atoms with Gasteiger partial charge in [0, 0.05) is 24.2 Å². The molecule has 0 saturated heterocycles. The van der Waals surface area contributed by atoms with Crippen molar-refractivity contribution in [3.63, 3.8) is 0 Å². The van der Waals surface area contributed by atoms with E-state index < -0.39 is 6.10 Å². The average molecular weight is 316 g/mol. The molecule has 0 bridgehead atoms. The van der Waals surface area contributed by atoms with E-state index in [9.17, 15) is 5.11 Å². The number of aliphatic hydroxyl groups is 1. The maximum Gasteiger partial charge on any atom is 0.0900 e. The molecule has 0 aliphatic carbocycles. The summed E-state index contributed by atoms with van der Waals surface area (Å²) in [6, 6.07) is 8.67. The second-order valence-corrected chi connectivity index (χ2v) is 5.44. The van der Waals surface area contributed by atoms with E-state index in [0.717, 1.165) is 10.9 Å². The molecule has 102 valence electrons. The highest BCUT2D eigenvalue weighted by Crippen LogP contribution is 2.24. The van der Waals surface area contributed by atoms with Crippen LogP contribution in [-0.4, -0.2) is 43.4 Å². The minimum absolute atomic E-state index is 0.324. The predicted octanol–water partition coefficient (Wildman–Crippen LogP) is 2.84. The third-order valence-corrected chi connectivity index (χ3v) is 3.56. The second kappa shape index (κ2) is 7.89. The third-order valence-electron chi connectivity index (χ3n) is 3.03. The van der Waals surface area contributed by atoms with Crippen LogP contribution in [0.5, 0.6) is 0 Å². The number of nitrogens with zero attached hydrogens (tertiary/aromatic N) is 1. The van der Waals surface area contributed by atoms with Gasteiger partial charge in [0.25, 0.3) is 0 Å². The summed E-state index contributed by atoms with van der Waals surface area (Å²) >= 11 is 3.44. The van der Waals surface area contributed by atoms with E-state index in [0.29, 0.717) is 19.2 Å². The Morgan fingerprint density at radius 3 is 2.44 bits per heavy atom. The maximum absolute atomic E-state index is 9.78. The van der Waals surface area contributed by atoms with Crippen molar-refractivity contribution in [3.8, 4) is 0 Å². The topological polar surface area (TPSA) is 32.7 Å². The summed E-state index contributed by atoms with van der Waals surface area (Å²) in [7, 11) is 3.64. The van der Waals surface area contributed by atoms with Gasteiger partial charge in [0.1, 0.15) is 0 Å². The SMILES string of the molecule is CCC(c1ccc(Br)cc1)N(C)CC(O)COC. The van der Waals surface area contributed by atoms with Crippen molar-refractivity contribution in [1.29, 1.82) is 0 Å². The van der Waals surface area contributed by atoms with E-state index in [1.165, 1.54) is 5.56 Å². The molecule has 1 rings (SSSR count). The minimum atomic E-state index is -0.440. The first-order chi connectivity index (χ1) is 8.58. The van der Waals surface area contributed by atoms with Gasteiger partial charge in [-0.25, -0.2) is 0 Å². The number of aliphatic hydroxyl groups excluding tert-OH is 1. The number of rotatable bonds is 7. The van der Waals surface area contributed by atoms with Gasteiger partial charge in [0.05, 0.1) is 12.7 Å². The van der Waals surface area contributed by atoms with Crippen LogP contribution < -0.4 is 0 Å². The van der Waals surface area contributed by atoms with Gasteiger partial charge in [-0.1, -0.05) is 35.0 Å². The van der Waals surface area contributed by atoms with Crippen molar-refractivity contribution < 1.29 is 9.84 Å². The summed E-state index contributed by atoms with van der Waals surface area (Å²) in [5.41, 5.74) is 1.27. The van der Waals surface area contributed by atoms with E-state index in [1.807, 2.05) is 7.05 Å². The molecule has 0 radical (unpaired) electrons. The third kappa shape index (κ3) is 4.69. The number of benzene rings is 1. The van der Waals surface area contributed by atoms with Crippen molar-refractivity contribution >= 4 is 15.9 Å². The molecule has 2 atom stereocenters. The summed E-state index contributed by atoms with van der Waals surface area (Å²) in [6.07, 6.45) is 0.571. The Balaban J connectivity index is 2.67. The number of ether oxygens (including phenoxy) is 1. The first kappa shape index (κ1) is 15.6. The Bertz CT molecular complexity index is 342. The van der Waals surface area contributed by atoms with Crippen molar-refractivity contribution in [2.45, 2.75) is 25.5 Å². The molecular weight excluding hydrogens is 294 g/mol. The van der Waals surface area contributed by atoms with Gasteiger partial charge in [0.2, 0.25) is 0 Å². The lowest BCUT2D eigenvalue weighted by atomic mass is 10.0. The molecular formula is C14H22BrNO2. The van der Waals surface area contributed by atoms with E-state index in [2.05, 4.69) is 52.0 Å². The summed E-state index contributed by atoms with van der Waals surface area (Å²) in [5.74, 6) is 0. The molecule has 3 nitrogen and oxygen atoms in total. The van der Waals surface area contributed by atoms with Gasteiger partial charge in [0.15, 0.2) is 0 Å². The number of likely N-dealkylation sites (N-methyl/N-ethyl adjacent to an activating group) is 1. The fourth-order valence-corrected chi connectivity index (χ4v) is 2.46. The molecule has 0 saturated carbocycles. The zero-order chi connectivity index (χ0) is 13.5. The molecule has 0 amide bonds. The average Bonchev–Trinajstić information content (AvgIpc) is 2.32. The smallest absolute Gasteiger partial charge is 0.0900 e. The van der Waals surface area contributed by atoms with Crippen LogP contribution in [0.3, 0.4) is 0 Å². The van der Waals surface area contributed by atoms with Crippen LogP contribution in [0.1, 0.15) is 24.9 Å². The highest BCUT2D eigenvalue weighted by atomic mass is 79.9. The van der Waals surface area contributed by atoms with Crippen molar-refractivity contribution in [2.75, 3.05) is 27.3 Å². The van der Waals surface area contributed by atoms with Gasteiger partial charge in [-0.15, -0.1) is 0 Å². The van der Waals surface area contributed by atoms with E-state index >= 15 is 0 Å². The lowest BCUT2D eigenvalue weighted by Crippen LogP contribution is -2.34. The largest absolute Gasteiger partial charge is 0.389 e. The number of halogens is 1. The minimum Gasteiger partial charge on any atom is -0.389 e. The number of hydrogen-bond acceptors (Lipinski definition) is 3. The first-order valence-corrected chi connectivity index (χ1v) is 7.00. The predicted molar refractivity (Wildman–Crippen MR) is 77.7 cm³/mol. The van der Waals surface area contributed by atoms with E-state index in [1.54, 1.807) is 7.11 Å². The highest BCUT2D eigenvalue weighted by Gasteiger charge is 2.17. The lowest BCUT2D eigenvalue weighted by molar-refractivity contribution is 0.0335. The molecule has 2 unspecified atom stereocenters. The molecule has 18 heavy (non-hydrogen) atoms. The van der Waals surface area contributed by atoms with Crippen molar-refractivity contribution in [2.24, 2.45) is 0 Å².